The molecule has 0 aromatic heterocycles. The molecule has 0 saturated carbocycles. The van der Waals surface area contributed by atoms with E-state index in [4.69, 9.17) is 10.4 Å². The third-order valence-corrected chi connectivity index (χ3v) is 1.87. The van der Waals surface area contributed by atoms with Crippen LogP contribution in [0.2, 0.25) is 0 Å². The number of nitro groups is 1. The van der Waals surface area contributed by atoms with Crippen LogP contribution in [0.15, 0.2) is 18.2 Å². The summed E-state index contributed by atoms with van der Waals surface area (Å²) in [6, 6.07) is 3.71. The van der Waals surface area contributed by atoms with E-state index >= 15 is 0 Å². The fourth-order valence-corrected chi connectivity index (χ4v) is 1.18. The summed E-state index contributed by atoms with van der Waals surface area (Å²) >= 11 is 0. The molecule has 0 saturated heterocycles. The van der Waals surface area contributed by atoms with Gasteiger partial charge < -0.3 is 5.11 Å². The zero-order valence-corrected chi connectivity index (χ0v) is 7.75. The SMILES string of the molecule is N#CC(C(=O)O)c1cc(F)ccc1[N+](=O)[O-]. The first-order chi connectivity index (χ1) is 7.47. The maximum absolute atomic E-state index is 12.8. The van der Waals surface area contributed by atoms with Crippen LogP contribution in [-0.4, -0.2) is 16.0 Å². The molecule has 6 nitrogen and oxygen atoms in total. The number of carboxylic acids is 1. The number of hydrogen-bond acceptors (Lipinski definition) is 4. The predicted octanol–water partition coefficient (Wildman–Crippen LogP) is 1.43. The number of benzene rings is 1. The Morgan fingerprint density at radius 1 is 1.62 bits per heavy atom. The van der Waals surface area contributed by atoms with Crippen LogP contribution in [0.5, 0.6) is 0 Å². The Morgan fingerprint density at radius 2 is 2.25 bits per heavy atom. The molecule has 1 unspecified atom stereocenters. The van der Waals surface area contributed by atoms with Gasteiger partial charge in [-0.3, -0.25) is 14.9 Å². The van der Waals surface area contributed by atoms with Gasteiger partial charge in [-0.1, -0.05) is 0 Å². The lowest BCUT2D eigenvalue weighted by molar-refractivity contribution is -0.385. The predicted molar refractivity (Wildman–Crippen MR) is 49.0 cm³/mol. The number of carboxylic acid groups (broad SMARTS) is 1. The quantitative estimate of drug-likeness (QED) is 0.617. The molecular weight excluding hydrogens is 219 g/mol. The van der Waals surface area contributed by atoms with E-state index in [0.29, 0.717) is 6.07 Å². The van der Waals surface area contributed by atoms with Crippen LogP contribution in [0.1, 0.15) is 11.5 Å². The van der Waals surface area contributed by atoms with Gasteiger partial charge in [-0.2, -0.15) is 5.26 Å². The third-order valence-electron chi connectivity index (χ3n) is 1.87. The summed E-state index contributed by atoms with van der Waals surface area (Å²) in [6.45, 7) is 0. The van der Waals surface area contributed by atoms with Crippen LogP contribution in [0, 0.1) is 27.3 Å². The van der Waals surface area contributed by atoms with Gasteiger partial charge in [-0.05, 0) is 12.1 Å². The molecule has 0 radical (unpaired) electrons. The van der Waals surface area contributed by atoms with Crippen molar-refractivity contribution in [3.05, 3.63) is 39.7 Å². The molecule has 1 atom stereocenters. The molecule has 1 rings (SSSR count). The highest BCUT2D eigenvalue weighted by molar-refractivity contribution is 5.81. The summed E-state index contributed by atoms with van der Waals surface area (Å²) < 4.78 is 12.8. The van der Waals surface area contributed by atoms with Gasteiger partial charge in [0, 0.05) is 6.07 Å². The van der Waals surface area contributed by atoms with E-state index in [1.807, 2.05) is 0 Å². The molecule has 0 spiro atoms. The molecule has 82 valence electrons. The van der Waals surface area contributed by atoms with Crippen molar-refractivity contribution in [2.45, 2.75) is 5.92 Å². The van der Waals surface area contributed by atoms with Crippen molar-refractivity contribution in [1.29, 1.82) is 5.26 Å². The number of halogens is 1. The molecule has 0 aliphatic heterocycles. The van der Waals surface area contributed by atoms with Crippen molar-refractivity contribution >= 4 is 11.7 Å². The van der Waals surface area contributed by atoms with Crippen molar-refractivity contribution < 1.29 is 19.2 Å². The lowest BCUT2D eigenvalue weighted by Crippen LogP contribution is -2.11. The molecule has 0 bridgehead atoms. The molecule has 1 aromatic rings. The topological polar surface area (TPSA) is 104 Å². The Morgan fingerprint density at radius 3 is 2.69 bits per heavy atom. The maximum atomic E-state index is 12.8. The van der Waals surface area contributed by atoms with Gasteiger partial charge in [-0.15, -0.1) is 0 Å². The smallest absolute Gasteiger partial charge is 0.325 e. The monoisotopic (exact) mass is 224 g/mol. The average molecular weight is 224 g/mol. The highest BCUT2D eigenvalue weighted by Crippen LogP contribution is 2.27. The number of hydrogen-bond donors (Lipinski definition) is 1. The van der Waals surface area contributed by atoms with E-state index in [2.05, 4.69) is 0 Å². The third kappa shape index (κ3) is 2.12. The second kappa shape index (κ2) is 4.35. The fraction of sp³-hybridized carbons (Fsp3) is 0.111. The maximum Gasteiger partial charge on any atom is 0.325 e. The summed E-state index contributed by atoms with van der Waals surface area (Å²) in [5.74, 6) is -4.14. The normalized spacial score (nSPS) is 11.5. The van der Waals surface area contributed by atoms with Crippen molar-refractivity contribution in [2.24, 2.45) is 0 Å². The molecule has 1 N–H and O–H groups in total. The molecule has 0 amide bonds. The van der Waals surface area contributed by atoms with Crippen molar-refractivity contribution in [1.82, 2.24) is 0 Å². The van der Waals surface area contributed by atoms with Crippen molar-refractivity contribution in [3.63, 3.8) is 0 Å². The van der Waals surface area contributed by atoms with Gasteiger partial charge >= 0.3 is 5.97 Å². The van der Waals surface area contributed by atoms with Crippen LogP contribution in [-0.2, 0) is 4.79 Å². The Kier molecular flexibility index (Phi) is 3.15. The minimum absolute atomic E-state index is 0.458. The molecule has 7 heteroatoms. The van der Waals surface area contributed by atoms with E-state index in [1.165, 1.54) is 6.07 Å². The molecule has 0 aliphatic carbocycles. The summed E-state index contributed by atoms with van der Waals surface area (Å²) in [5, 5.41) is 27.8. The van der Waals surface area contributed by atoms with Crippen LogP contribution >= 0.6 is 0 Å². The Labute approximate surface area is 88.7 Å². The second-order valence-electron chi connectivity index (χ2n) is 2.86. The van der Waals surface area contributed by atoms with Crippen LogP contribution < -0.4 is 0 Å². The van der Waals surface area contributed by atoms with Gasteiger partial charge in [0.1, 0.15) is 5.82 Å². The Bertz CT molecular complexity index is 495. The van der Waals surface area contributed by atoms with Crippen molar-refractivity contribution in [2.75, 3.05) is 0 Å². The lowest BCUT2D eigenvalue weighted by atomic mass is 9.99. The first kappa shape index (κ1) is 11.6. The molecular formula is C9H5FN2O4. The zero-order chi connectivity index (χ0) is 12.3. The Hall–Kier alpha value is -2.49. The standard InChI is InChI=1S/C9H5FN2O4/c10-5-1-2-8(12(15)16)6(3-5)7(4-11)9(13)14/h1-3,7H,(H,13,14). The van der Waals surface area contributed by atoms with Gasteiger partial charge in [0.05, 0.1) is 16.6 Å². The summed E-state index contributed by atoms with van der Waals surface area (Å²) in [6.07, 6.45) is 0. The fourth-order valence-electron chi connectivity index (χ4n) is 1.18. The van der Waals surface area contributed by atoms with Gasteiger partial charge in [0.15, 0.2) is 5.92 Å². The summed E-state index contributed by atoms with van der Waals surface area (Å²) in [5.41, 5.74) is -1.05. The van der Waals surface area contributed by atoms with Crippen LogP contribution in [0.25, 0.3) is 0 Å². The van der Waals surface area contributed by atoms with Gasteiger partial charge in [0.2, 0.25) is 0 Å². The van der Waals surface area contributed by atoms with Crippen LogP contribution in [0.3, 0.4) is 0 Å². The largest absolute Gasteiger partial charge is 0.480 e. The first-order valence-electron chi connectivity index (χ1n) is 4.03. The number of nitrogens with zero attached hydrogens (tertiary/aromatic N) is 2. The van der Waals surface area contributed by atoms with E-state index in [0.717, 1.165) is 12.1 Å². The van der Waals surface area contributed by atoms with E-state index in [9.17, 15) is 19.3 Å². The number of nitro benzene ring substituents is 1. The number of aliphatic carboxylic acids is 1. The minimum Gasteiger partial charge on any atom is -0.480 e. The van der Waals surface area contributed by atoms with Gasteiger partial charge in [0.25, 0.3) is 5.69 Å². The van der Waals surface area contributed by atoms with Crippen LogP contribution in [0.4, 0.5) is 10.1 Å². The molecule has 16 heavy (non-hydrogen) atoms. The first-order valence-corrected chi connectivity index (χ1v) is 4.03. The minimum atomic E-state index is -1.75. The summed E-state index contributed by atoms with van der Waals surface area (Å²) in [4.78, 5) is 20.3. The van der Waals surface area contributed by atoms with E-state index in [-0.39, 0.29) is 0 Å². The van der Waals surface area contributed by atoms with Gasteiger partial charge in [-0.25, -0.2) is 4.39 Å². The number of carbonyl (C=O) groups is 1. The zero-order valence-electron chi connectivity index (χ0n) is 7.75. The molecule has 0 heterocycles. The van der Waals surface area contributed by atoms with E-state index < -0.39 is 33.9 Å². The van der Waals surface area contributed by atoms with Crippen molar-refractivity contribution in [3.8, 4) is 6.07 Å². The summed E-state index contributed by atoms with van der Waals surface area (Å²) in [7, 11) is 0. The number of rotatable bonds is 3. The highest BCUT2D eigenvalue weighted by Gasteiger charge is 2.28. The highest BCUT2D eigenvalue weighted by atomic mass is 19.1. The Balaban J connectivity index is 3.40. The molecule has 0 aliphatic rings. The van der Waals surface area contributed by atoms with E-state index in [1.54, 1.807) is 0 Å². The second-order valence-corrected chi connectivity index (χ2v) is 2.86. The molecule has 0 fully saturated rings. The average Bonchev–Trinajstić information content (AvgIpc) is 2.17. The lowest BCUT2D eigenvalue weighted by Gasteiger charge is -2.04. The number of nitriles is 1. The molecule has 1 aromatic carbocycles.